The van der Waals surface area contributed by atoms with Crippen LogP contribution < -0.4 is 5.56 Å². The van der Waals surface area contributed by atoms with Gasteiger partial charge in [-0.25, -0.2) is 9.97 Å². The molecule has 2 atom stereocenters. The SMILES string of the molecule is CC(=O)N1C[C@@H]2C[C@H](C1)c1cc(-c3nc(C)c(C)c(C)n3)cc(=O)n1C2. The summed E-state index contributed by atoms with van der Waals surface area (Å²) in [4.78, 5) is 35.7. The Hall–Kier alpha value is -2.50. The monoisotopic (exact) mass is 352 g/mol. The van der Waals surface area contributed by atoms with Crippen molar-refractivity contribution < 1.29 is 4.79 Å². The summed E-state index contributed by atoms with van der Waals surface area (Å²) >= 11 is 0. The Bertz CT molecular complexity index is 940. The third kappa shape index (κ3) is 2.73. The second-order valence-electron chi connectivity index (χ2n) is 7.68. The van der Waals surface area contributed by atoms with Gasteiger partial charge in [0, 0.05) is 61.2 Å². The lowest BCUT2D eigenvalue weighted by Gasteiger charge is -2.42. The van der Waals surface area contributed by atoms with Crippen LogP contribution in [-0.2, 0) is 11.3 Å². The van der Waals surface area contributed by atoms with Gasteiger partial charge in [0.05, 0.1) is 0 Å². The van der Waals surface area contributed by atoms with Crippen LogP contribution in [0.5, 0.6) is 0 Å². The van der Waals surface area contributed by atoms with Crippen molar-refractivity contribution in [1.29, 1.82) is 0 Å². The quantitative estimate of drug-likeness (QED) is 0.789. The van der Waals surface area contributed by atoms with Gasteiger partial charge < -0.3 is 9.47 Å². The van der Waals surface area contributed by atoms with Gasteiger partial charge in [0.2, 0.25) is 5.91 Å². The summed E-state index contributed by atoms with van der Waals surface area (Å²) in [6.07, 6.45) is 1.03. The molecule has 6 nitrogen and oxygen atoms in total. The van der Waals surface area contributed by atoms with Gasteiger partial charge in [0.25, 0.3) is 5.56 Å². The van der Waals surface area contributed by atoms with Crippen LogP contribution in [0.3, 0.4) is 0 Å². The number of piperidine rings is 1. The molecule has 2 bridgehead atoms. The first kappa shape index (κ1) is 16.9. The van der Waals surface area contributed by atoms with Gasteiger partial charge >= 0.3 is 0 Å². The fourth-order valence-electron chi connectivity index (χ4n) is 4.25. The summed E-state index contributed by atoms with van der Waals surface area (Å²) in [6.45, 7) is 9.68. The molecule has 2 aliphatic heterocycles. The van der Waals surface area contributed by atoms with Gasteiger partial charge in [-0.15, -0.1) is 0 Å². The van der Waals surface area contributed by atoms with Gasteiger partial charge in [-0.05, 0) is 44.7 Å². The van der Waals surface area contributed by atoms with E-state index in [2.05, 4.69) is 16.0 Å². The molecule has 0 N–H and O–H groups in total. The highest BCUT2D eigenvalue weighted by atomic mass is 16.2. The maximum atomic E-state index is 12.8. The van der Waals surface area contributed by atoms with E-state index in [4.69, 9.17) is 0 Å². The first-order valence-corrected chi connectivity index (χ1v) is 9.16. The predicted molar refractivity (Wildman–Crippen MR) is 99.0 cm³/mol. The van der Waals surface area contributed by atoms with E-state index in [9.17, 15) is 9.59 Å². The number of carbonyl (C=O) groups excluding carboxylic acids is 1. The van der Waals surface area contributed by atoms with E-state index in [0.717, 1.165) is 41.2 Å². The molecule has 1 amide bonds. The summed E-state index contributed by atoms with van der Waals surface area (Å²) in [6, 6.07) is 3.70. The molecule has 4 heterocycles. The average molecular weight is 352 g/mol. The van der Waals surface area contributed by atoms with Crippen molar-refractivity contribution in [3.8, 4) is 11.4 Å². The molecular formula is C20H24N4O2. The first-order chi connectivity index (χ1) is 12.3. The fourth-order valence-corrected chi connectivity index (χ4v) is 4.25. The van der Waals surface area contributed by atoms with Crippen molar-refractivity contribution in [1.82, 2.24) is 19.4 Å². The molecule has 0 radical (unpaired) electrons. The number of aryl methyl sites for hydroxylation is 2. The summed E-state index contributed by atoms with van der Waals surface area (Å²) in [7, 11) is 0. The summed E-state index contributed by atoms with van der Waals surface area (Å²) < 4.78 is 1.88. The minimum Gasteiger partial charge on any atom is -0.342 e. The number of carbonyl (C=O) groups is 1. The largest absolute Gasteiger partial charge is 0.342 e. The number of aromatic nitrogens is 3. The van der Waals surface area contributed by atoms with E-state index in [0.29, 0.717) is 24.8 Å². The van der Waals surface area contributed by atoms with Crippen LogP contribution >= 0.6 is 0 Å². The Balaban J connectivity index is 1.80. The molecule has 0 unspecified atom stereocenters. The van der Waals surface area contributed by atoms with Crippen LogP contribution in [0.2, 0.25) is 0 Å². The zero-order valence-corrected chi connectivity index (χ0v) is 15.7. The Kier molecular flexibility index (Phi) is 3.93. The van der Waals surface area contributed by atoms with Crippen molar-refractivity contribution in [2.75, 3.05) is 13.1 Å². The second-order valence-corrected chi connectivity index (χ2v) is 7.68. The summed E-state index contributed by atoms with van der Waals surface area (Å²) in [5.74, 6) is 1.27. The van der Waals surface area contributed by atoms with Crippen LogP contribution in [-0.4, -0.2) is 38.4 Å². The van der Waals surface area contributed by atoms with Crippen LogP contribution in [0.1, 0.15) is 41.9 Å². The highest BCUT2D eigenvalue weighted by molar-refractivity contribution is 5.73. The molecule has 136 valence electrons. The zero-order chi connectivity index (χ0) is 18.6. The number of amides is 1. The lowest BCUT2D eigenvalue weighted by Crippen LogP contribution is -2.48. The number of rotatable bonds is 1. The second kappa shape index (κ2) is 6.04. The van der Waals surface area contributed by atoms with Crippen molar-refractivity contribution in [2.45, 2.75) is 46.6 Å². The van der Waals surface area contributed by atoms with E-state index >= 15 is 0 Å². The first-order valence-electron chi connectivity index (χ1n) is 9.16. The molecule has 2 aliphatic rings. The Morgan fingerprint density at radius 1 is 1.08 bits per heavy atom. The molecule has 26 heavy (non-hydrogen) atoms. The molecule has 1 saturated heterocycles. The van der Waals surface area contributed by atoms with E-state index < -0.39 is 0 Å². The van der Waals surface area contributed by atoms with Gasteiger partial charge in [0.1, 0.15) is 0 Å². The van der Waals surface area contributed by atoms with Crippen molar-refractivity contribution in [2.24, 2.45) is 5.92 Å². The number of fused-ring (bicyclic) bond motifs is 4. The summed E-state index contributed by atoms with van der Waals surface area (Å²) in [5, 5.41) is 0. The average Bonchev–Trinajstić information content (AvgIpc) is 2.59. The van der Waals surface area contributed by atoms with E-state index in [1.807, 2.05) is 30.2 Å². The van der Waals surface area contributed by atoms with Crippen molar-refractivity contribution in [3.63, 3.8) is 0 Å². The lowest BCUT2D eigenvalue weighted by atomic mass is 9.82. The highest BCUT2D eigenvalue weighted by Gasteiger charge is 2.35. The van der Waals surface area contributed by atoms with Crippen molar-refractivity contribution >= 4 is 5.91 Å². The zero-order valence-electron chi connectivity index (χ0n) is 15.7. The Morgan fingerprint density at radius 2 is 1.77 bits per heavy atom. The number of hydrogen-bond donors (Lipinski definition) is 0. The number of hydrogen-bond acceptors (Lipinski definition) is 4. The maximum Gasteiger partial charge on any atom is 0.251 e. The number of likely N-dealkylation sites (tertiary alicyclic amines) is 1. The molecule has 0 saturated carbocycles. The normalized spacial score (nSPS) is 21.5. The third-order valence-electron chi connectivity index (χ3n) is 5.89. The smallest absolute Gasteiger partial charge is 0.251 e. The Morgan fingerprint density at radius 3 is 2.42 bits per heavy atom. The van der Waals surface area contributed by atoms with Crippen LogP contribution in [0.25, 0.3) is 11.4 Å². The molecule has 6 heteroatoms. The minimum absolute atomic E-state index is 0.00274. The van der Waals surface area contributed by atoms with Gasteiger partial charge in [-0.2, -0.15) is 0 Å². The van der Waals surface area contributed by atoms with E-state index in [1.54, 1.807) is 13.0 Å². The van der Waals surface area contributed by atoms with Crippen molar-refractivity contribution in [3.05, 3.63) is 45.1 Å². The van der Waals surface area contributed by atoms with E-state index in [-0.39, 0.29) is 17.4 Å². The molecule has 0 spiro atoms. The molecule has 0 aliphatic carbocycles. The van der Waals surface area contributed by atoms with Gasteiger partial charge in [-0.1, -0.05) is 0 Å². The van der Waals surface area contributed by atoms with Crippen LogP contribution in [0, 0.1) is 26.7 Å². The topological polar surface area (TPSA) is 68.1 Å². The minimum atomic E-state index is 0.00274. The van der Waals surface area contributed by atoms with Crippen LogP contribution in [0.4, 0.5) is 0 Å². The highest BCUT2D eigenvalue weighted by Crippen LogP contribution is 2.36. The van der Waals surface area contributed by atoms with E-state index in [1.165, 1.54) is 0 Å². The number of nitrogens with zero attached hydrogens (tertiary/aromatic N) is 4. The number of pyridine rings is 1. The maximum absolute atomic E-state index is 12.8. The molecule has 0 aromatic carbocycles. The van der Waals surface area contributed by atoms with Gasteiger partial charge in [0.15, 0.2) is 5.82 Å². The predicted octanol–water partition coefficient (Wildman–Crippen LogP) is 2.20. The fraction of sp³-hybridized carbons (Fsp3) is 0.500. The molecule has 2 aromatic heterocycles. The molecule has 1 fully saturated rings. The Labute approximate surface area is 152 Å². The summed E-state index contributed by atoms with van der Waals surface area (Å²) in [5.41, 5.74) is 4.73. The van der Waals surface area contributed by atoms with Crippen LogP contribution in [0.15, 0.2) is 16.9 Å². The lowest BCUT2D eigenvalue weighted by molar-refractivity contribution is -0.131. The standard InChI is InChI=1S/C20H24N4O2/c1-11-12(2)21-20(22-13(11)3)16-6-18-17-5-15(8-23(10-17)14(4)25)9-24(18)19(26)7-16/h6-7,15,17H,5,8-10H2,1-4H3/t15-,17+/m0/s1. The molecule has 2 aromatic rings. The molecular weight excluding hydrogens is 328 g/mol. The molecule has 4 rings (SSSR count). The third-order valence-corrected chi connectivity index (χ3v) is 5.89. The van der Waals surface area contributed by atoms with Gasteiger partial charge in [-0.3, -0.25) is 9.59 Å².